The molecule has 1 amide bonds. The molecule has 0 unspecified atom stereocenters. The molecule has 1 aliphatic heterocycles. The van der Waals surface area contributed by atoms with Crippen LogP contribution in [0.1, 0.15) is 23.5 Å². The minimum Gasteiger partial charge on any atom is -0.497 e. The highest BCUT2D eigenvalue weighted by Gasteiger charge is 2.35. The third-order valence-electron chi connectivity index (χ3n) is 5.85. The van der Waals surface area contributed by atoms with Crippen molar-refractivity contribution in [3.8, 4) is 28.4 Å². The van der Waals surface area contributed by atoms with Crippen molar-refractivity contribution in [3.63, 3.8) is 0 Å². The van der Waals surface area contributed by atoms with Crippen LogP contribution in [0.25, 0.3) is 16.9 Å². The first kappa shape index (κ1) is 21.1. The van der Waals surface area contributed by atoms with Gasteiger partial charge in [-0.15, -0.1) is 0 Å². The summed E-state index contributed by atoms with van der Waals surface area (Å²) in [4.78, 5) is 12.9. The van der Waals surface area contributed by atoms with Gasteiger partial charge in [0.05, 0.1) is 25.6 Å². The molecular formula is C26H22ClN3O3. The first-order valence-electron chi connectivity index (χ1n) is 10.5. The zero-order valence-electron chi connectivity index (χ0n) is 18.2. The summed E-state index contributed by atoms with van der Waals surface area (Å²) in [5.74, 6) is 1.68. The van der Waals surface area contributed by atoms with Crippen LogP contribution in [0.3, 0.4) is 0 Å². The molecule has 33 heavy (non-hydrogen) atoms. The van der Waals surface area contributed by atoms with E-state index >= 15 is 0 Å². The van der Waals surface area contributed by atoms with Crippen LogP contribution < -0.4 is 14.8 Å². The fourth-order valence-corrected chi connectivity index (χ4v) is 4.43. The third kappa shape index (κ3) is 3.83. The number of ether oxygens (including phenoxy) is 2. The van der Waals surface area contributed by atoms with Gasteiger partial charge in [-0.05, 0) is 30.3 Å². The fourth-order valence-electron chi connectivity index (χ4n) is 4.30. The number of methoxy groups -OCH3 is 2. The van der Waals surface area contributed by atoms with Crippen molar-refractivity contribution in [2.75, 3.05) is 19.5 Å². The first-order valence-corrected chi connectivity index (χ1v) is 10.9. The molecule has 0 spiro atoms. The molecule has 6 nitrogen and oxygen atoms in total. The Morgan fingerprint density at radius 3 is 2.45 bits per heavy atom. The molecule has 1 aromatic heterocycles. The van der Waals surface area contributed by atoms with Crippen LogP contribution in [0.2, 0.25) is 5.02 Å². The summed E-state index contributed by atoms with van der Waals surface area (Å²) >= 11 is 6.14. The number of nitrogens with one attached hydrogen (secondary N) is 1. The average molecular weight is 460 g/mol. The number of amides is 1. The number of hydrogen-bond acceptors (Lipinski definition) is 4. The topological polar surface area (TPSA) is 65.4 Å². The van der Waals surface area contributed by atoms with E-state index in [2.05, 4.69) is 5.32 Å². The van der Waals surface area contributed by atoms with Crippen LogP contribution in [0, 0.1) is 0 Å². The highest BCUT2D eigenvalue weighted by Crippen LogP contribution is 2.46. The number of carbonyl (C=O) groups excluding carboxylic acids is 1. The molecule has 0 radical (unpaired) electrons. The Balaban J connectivity index is 1.77. The molecule has 1 atom stereocenters. The van der Waals surface area contributed by atoms with Crippen molar-refractivity contribution in [2.24, 2.45) is 0 Å². The minimum atomic E-state index is -0.252. The van der Waals surface area contributed by atoms with Crippen molar-refractivity contribution in [1.82, 2.24) is 9.78 Å². The van der Waals surface area contributed by atoms with E-state index in [0.29, 0.717) is 22.3 Å². The van der Waals surface area contributed by atoms with Gasteiger partial charge in [0.2, 0.25) is 5.91 Å². The maximum Gasteiger partial charge on any atom is 0.226 e. The van der Waals surface area contributed by atoms with Crippen molar-refractivity contribution >= 4 is 23.3 Å². The molecule has 7 heteroatoms. The molecule has 1 N–H and O–H groups in total. The monoisotopic (exact) mass is 459 g/mol. The van der Waals surface area contributed by atoms with Crippen LogP contribution in [-0.4, -0.2) is 29.9 Å². The molecule has 0 aliphatic carbocycles. The lowest BCUT2D eigenvalue weighted by atomic mass is 9.84. The smallest absolute Gasteiger partial charge is 0.226 e. The predicted molar refractivity (Wildman–Crippen MR) is 129 cm³/mol. The summed E-state index contributed by atoms with van der Waals surface area (Å²) in [5, 5.41) is 8.66. The van der Waals surface area contributed by atoms with E-state index in [1.54, 1.807) is 18.9 Å². The van der Waals surface area contributed by atoms with Crippen molar-refractivity contribution < 1.29 is 14.3 Å². The molecule has 0 saturated carbocycles. The summed E-state index contributed by atoms with van der Waals surface area (Å²) in [7, 11) is 3.23. The molecule has 4 aromatic rings. The largest absolute Gasteiger partial charge is 0.497 e. The third-order valence-corrected chi connectivity index (χ3v) is 6.10. The normalized spacial score (nSPS) is 15.0. The van der Waals surface area contributed by atoms with E-state index in [1.807, 2.05) is 72.8 Å². The van der Waals surface area contributed by atoms with Crippen LogP contribution in [0.4, 0.5) is 5.82 Å². The van der Waals surface area contributed by atoms with Crippen molar-refractivity contribution in [2.45, 2.75) is 12.3 Å². The van der Waals surface area contributed by atoms with Gasteiger partial charge in [0.15, 0.2) is 0 Å². The number of rotatable bonds is 5. The van der Waals surface area contributed by atoms with Crippen LogP contribution in [0.15, 0.2) is 72.8 Å². The number of halogens is 1. The number of nitrogens with zero attached hydrogens (tertiary/aromatic N) is 2. The molecule has 2 heterocycles. The molecule has 3 aromatic carbocycles. The SMILES string of the molecule is COc1ccc([C@@H]2CC(=O)Nc3c2c(-c2ccc(Cl)cc2)nn3-c2ccccc2)c(OC)c1. The molecule has 0 bridgehead atoms. The number of fused-ring (bicyclic) bond motifs is 1. The van der Waals surface area contributed by atoms with Crippen molar-refractivity contribution in [3.05, 3.63) is 88.9 Å². The Hall–Kier alpha value is -3.77. The van der Waals surface area contributed by atoms with E-state index in [1.165, 1.54) is 0 Å². The Morgan fingerprint density at radius 1 is 1.00 bits per heavy atom. The van der Waals surface area contributed by atoms with Crippen LogP contribution in [-0.2, 0) is 4.79 Å². The summed E-state index contributed by atoms with van der Waals surface area (Å²) < 4.78 is 12.8. The second-order valence-corrected chi connectivity index (χ2v) is 8.21. The molecule has 0 saturated heterocycles. The maximum atomic E-state index is 12.9. The summed E-state index contributed by atoms with van der Waals surface area (Å²) in [6.45, 7) is 0. The minimum absolute atomic E-state index is 0.0786. The Labute approximate surface area is 196 Å². The first-order chi connectivity index (χ1) is 16.1. The van der Waals surface area contributed by atoms with Gasteiger partial charge in [0, 0.05) is 40.1 Å². The Kier molecular flexibility index (Phi) is 5.52. The van der Waals surface area contributed by atoms with E-state index in [4.69, 9.17) is 26.2 Å². The highest BCUT2D eigenvalue weighted by molar-refractivity contribution is 6.30. The quantitative estimate of drug-likeness (QED) is 0.416. The van der Waals surface area contributed by atoms with Gasteiger partial charge in [0.1, 0.15) is 17.3 Å². The van der Waals surface area contributed by atoms with Crippen molar-refractivity contribution in [1.29, 1.82) is 0 Å². The number of anilines is 1. The molecule has 166 valence electrons. The highest BCUT2D eigenvalue weighted by atomic mass is 35.5. The Morgan fingerprint density at radius 2 is 1.76 bits per heavy atom. The molecule has 5 rings (SSSR count). The Bertz CT molecular complexity index is 1320. The second-order valence-electron chi connectivity index (χ2n) is 7.78. The van der Waals surface area contributed by atoms with Gasteiger partial charge in [-0.25, -0.2) is 4.68 Å². The zero-order chi connectivity index (χ0) is 22.9. The van der Waals surface area contributed by atoms with Gasteiger partial charge >= 0.3 is 0 Å². The summed E-state index contributed by atoms with van der Waals surface area (Å²) in [5.41, 5.74) is 4.39. The molecule has 1 aliphatic rings. The average Bonchev–Trinajstić information content (AvgIpc) is 3.23. The lowest BCUT2D eigenvalue weighted by Crippen LogP contribution is -2.25. The van der Waals surface area contributed by atoms with E-state index in [0.717, 1.165) is 28.1 Å². The fraction of sp³-hybridized carbons (Fsp3) is 0.154. The number of hydrogen-bond donors (Lipinski definition) is 1. The summed E-state index contributed by atoms with van der Waals surface area (Å²) in [6.07, 6.45) is 0.275. The zero-order valence-corrected chi connectivity index (χ0v) is 19.0. The van der Waals surface area contributed by atoms with E-state index < -0.39 is 0 Å². The molecular weight excluding hydrogens is 438 g/mol. The standard InChI is InChI=1S/C26H22ClN3O3/c1-32-19-12-13-20(22(14-19)33-2)21-15-23(31)28-26-24(21)25(16-8-10-17(27)11-9-16)29-30(26)18-6-4-3-5-7-18/h3-14,21H,15H2,1-2H3,(H,28,31)/t21-/m0/s1. The number of carbonyl (C=O) groups is 1. The number of para-hydroxylation sites is 1. The van der Waals surface area contributed by atoms with Crippen LogP contribution >= 0.6 is 11.6 Å². The lowest BCUT2D eigenvalue weighted by molar-refractivity contribution is -0.116. The van der Waals surface area contributed by atoms with Gasteiger partial charge in [-0.2, -0.15) is 5.10 Å². The van der Waals surface area contributed by atoms with Gasteiger partial charge < -0.3 is 14.8 Å². The van der Waals surface area contributed by atoms with E-state index in [-0.39, 0.29) is 18.2 Å². The maximum absolute atomic E-state index is 12.9. The number of aromatic nitrogens is 2. The van der Waals surface area contributed by atoms with Gasteiger partial charge in [-0.1, -0.05) is 48.0 Å². The van der Waals surface area contributed by atoms with E-state index in [9.17, 15) is 4.79 Å². The van der Waals surface area contributed by atoms with Gasteiger partial charge in [-0.3, -0.25) is 4.79 Å². The molecule has 0 fully saturated rings. The lowest BCUT2D eigenvalue weighted by Gasteiger charge is -2.26. The van der Waals surface area contributed by atoms with Crippen LogP contribution in [0.5, 0.6) is 11.5 Å². The summed E-state index contributed by atoms with van der Waals surface area (Å²) in [6, 6.07) is 23.0. The number of benzene rings is 3. The van der Waals surface area contributed by atoms with Gasteiger partial charge in [0.25, 0.3) is 0 Å². The predicted octanol–water partition coefficient (Wildman–Crippen LogP) is 5.68. The second kappa shape index (κ2) is 8.64.